The molecule has 5 nitrogen and oxygen atoms in total. The molecule has 1 aliphatic rings. The molecule has 2 heterocycles. The number of piperidine rings is 1. The molecule has 1 aromatic heterocycles. The van der Waals surface area contributed by atoms with Crippen LogP contribution in [0.25, 0.3) is 0 Å². The van der Waals surface area contributed by atoms with Crippen LogP contribution < -0.4 is 16.0 Å². The van der Waals surface area contributed by atoms with E-state index in [0.717, 1.165) is 37.6 Å². The van der Waals surface area contributed by atoms with E-state index in [0.29, 0.717) is 12.6 Å². The second-order valence-electron chi connectivity index (χ2n) is 4.13. The number of nitrogens with one attached hydrogen (secondary N) is 3. The Morgan fingerprint density at radius 1 is 1.35 bits per heavy atom. The Kier molecular flexibility index (Phi) is 4.32. The van der Waals surface area contributed by atoms with Gasteiger partial charge in [-0.25, -0.2) is 9.97 Å². The lowest BCUT2D eigenvalue weighted by Gasteiger charge is -2.24. The van der Waals surface area contributed by atoms with Gasteiger partial charge in [-0.3, -0.25) is 0 Å². The predicted octanol–water partition coefficient (Wildman–Crippen LogP) is 1.24. The maximum atomic E-state index is 4.23. The van der Waals surface area contributed by atoms with Gasteiger partial charge in [0.1, 0.15) is 18.0 Å². The van der Waals surface area contributed by atoms with Crippen molar-refractivity contribution in [3.05, 3.63) is 25.0 Å². The van der Waals surface area contributed by atoms with Gasteiger partial charge in [-0.15, -0.1) is 6.58 Å². The largest absolute Gasteiger partial charge is 0.367 e. The minimum absolute atomic E-state index is 0.512. The minimum Gasteiger partial charge on any atom is -0.367 e. The van der Waals surface area contributed by atoms with Crippen LogP contribution in [0.3, 0.4) is 0 Å². The molecular formula is C12H19N5. The standard InChI is InChI=1S/C12H19N5/c1-2-5-14-11-8-12(16-9-15-11)17-10-3-6-13-7-4-10/h2,8-10,13H,1,3-7H2,(H2,14,15,16,17). The minimum atomic E-state index is 0.512. The summed E-state index contributed by atoms with van der Waals surface area (Å²) in [6.45, 7) is 6.52. The summed E-state index contributed by atoms with van der Waals surface area (Å²) in [4.78, 5) is 8.38. The van der Waals surface area contributed by atoms with E-state index in [9.17, 15) is 0 Å². The number of hydrogen-bond donors (Lipinski definition) is 3. The van der Waals surface area contributed by atoms with Crippen LogP contribution in [0.4, 0.5) is 11.6 Å². The van der Waals surface area contributed by atoms with E-state index < -0.39 is 0 Å². The number of anilines is 2. The third kappa shape index (κ3) is 3.71. The monoisotopic (exact) mass is 233 g/mol. The van der Waals surface area contributed by atoms with Crippen molar-refractivity contribution < 1.29 is 0 Å². The van der Waals surface area contributed by atoms with Crippen molar-refractivity contribution in [3.8, 4) is 0 Å². The van der Waals surface area contributed by atoms with Gasteiger partial charge in [0.15, 0.2) is 0 Å². The van der Waals surface area contributed by atoms with Crippen LogP contribution in [0.5, 0.6) is 0 Å². The Bertz CT molecular complexity index is 360. The Balaban J connectivity index is 1.92. The van der Waals surface area contributed by atoms with Gasteiger partial charge in [0.25, 0.3) is 0 Å². The molecule has 1 aromatic rings. The van der Waals surface area contributed by atoms with Gasteiger partial charge in [0.05, 0.1) is 0 Å². The van der Waals surface area contributed by atoms with Crippen LogP contribution in [0.15, 0.2) is 25.0 Å². The second kappa shape index (κ2) is 6.20. The molecule has 1 fully saturated rings. The van der Waals surface area contributed by atoms with Crippen molar-refractivity contribution in [2.24, 2.45) is 0 Å². The molecule has 2 rings (SSSR count). The molecule has 3 N–H and O–H groups in total. The molecule has 5 heteroatoms. The van der Waals surface area contributed by atoms with Crippen molar-refractivity contribution in [1.82, 2.24) is 15.3 Å². The van der Waals surface area contributed by atoms with Crippen LogP contribution in [0.2, 0.25) is 0 Å². The van der Waals surface area contributed by atoms with Crippen molar-refractivity contribution in [2.45, 2.75) is 18.9 Å². The SMILES string of the molecule is C=CCNc1cc(NC2CCNCC2)ncn1. The second-order valence-corrected chi connectivity index (χ2v) is 4.13. The van der Waals surface area contributed by atoms with E-state index in [-0.39, 0.29) is 0 Å². The van der Waals surface area contributed by atoms with Gasteiger partial charge in [-0.2, -0.15) is 0 Å². The summed E-state index contributed by atoms with van der Waals surface area (Å²) in [6.07, 6.45) is 5.66. The normalized spacial score (nSPS) is 16.5. The molecule has 17 heavy (non-hydrogen) atoms. The van der Waals surface area contributed by atoms with E-state index in [2.05, 4.69) is 32.5 Å². The molecule has 92 valence electrons. The zero-order chi connectivity index (χ0) is 11.9. The zero-order valence-corrected chi connectivity index (χ0v) is 9.95. The van der Waals surface area contributed by atoms with E-state index in [1.54, 1.807) is 6.33 Å². The highest BCUT2D eigenvalue weighted by molar-refractivity contribution is 5.47. The summed E-state index contributed by atoms with van der Waals surface area (Å²) in [6, 6.07) is 2.45. The quantitative estimate of drug-likeness (QED) is 0.668. The van der Waals surface area contributed by atoms with E-state index in [4.69, 9.17) is 0 Å². The highest BCUT2D eigenvalue weighted by Gasteiger charge is 2.12. The lowest BCUT2D eigenvalue weighted by atomic mass is 10.1. The Labute approximate surface area is 102 Å². The summed E-state index contributed by atoms with van der Waals surface area (Å²) in [5.41, 5.74) is 0. The van der Waals surface area contributed by atoms with Gasteiger partial charge in [-0.1, -0.05) is 6.08 Å². The third-order valence-electron chi connectivity index (χ3n) is 2.79. The Morgan fingerprint density at radius 2 is 2.12 bits per heavy atom. The van der Waals surface area contributed by atoms with Gasteiger partial charge in [0.2, 0.25) is 0 Å². The first-order valence-corrected chi connectivity index (χ1v) is 6.02. The average Bonchev–Trinajstić information content (AvgIpc) is 2.38. The molecular weight excluding hydrogens is 214 g/mol. The molecule has 1 aliphatic heterocycles. The van der Waals surface area contributed by atoms with Crippen LogP contribution >= 0.6 is 0 Å². The smallest absolute Gasteiger partial charge is 0.131 e. The number of hydrogen-bond acceptors (Lipinski definition) is 5. The molecule has 0 radical (unpaired) electrons. The molecule has 0 spiro atoms. The molecule has 0 atom stereocenters. The Hall–Kier alpha value is -1.62. The first kappa shape index (κ1) is 11.9. The maximum absolute atomic E-state index is 4.23. The van der Waals surface area contributed by atoms with Crippen molar-refractivity contribution in [2.75, 3.05) is 30.3 Å². The van der Waals surface area contributed by atoms with Crippen molar-refractivity contribution >= 4 is 11.6 Å². The summed E-state index contributed by atoms with van der Waals surface area (Å²) in [5.74, 6) is 1.72. The van der Waals surface area contributed by atoms with Crippen LogP contribution in [0, 0.1) is 0 Å². The van der Waals surface area contributed by atoms with Gasteiger partial charge >= 0.3 is 0 Å². The molecule has 0 amide bonds. The topological polar surface area (TPSA) is 61.9 Å². The summed E-state index contributed by atoms with van der Waals surface area (Å²) >= 11 is 0. The van der Waals surface area contributed by atoms with Crippen LogP contribution in [0.1, 0.15) is 12.8 Å². The first-order chi connectivity index (χ1) is 8.38. The summed E-state index contributed by atoms with van der Waals surface area (Å²) < 4.78 is 0. The molecule has 0 bridgehead atoms. The highest BCUT2D eigenvalue weighted by Crippen LogP contribution is 2.13. The Morgan fingerprint density at radius 3 is 2.88 bits per heavy atom. The fraction of sp³-hybridized carbons (Fsp3) is 0.500. The van der Waals surface area contributed by atoms with Crippen molar-refractivity contribution in [1.29, 1.82) is 0 Å². The molecule has 0 unspecified atom stereocenters. The lowest BCUT2D eigenvalue weighted by Crippen LogP contribution is -2.35. The molecule has 1 saturated heterocycles. The fourth-order valence-electron chi connectivity index (χ4n) is 1.89. The summed E-state index contributed by atoms with van der Waals surface area (Å²) in [5, 5.41) is 9.93. The maximum Gasteiger partial charge on any atom is 0.131 e. The van der Waals surface area contributed by atoms with Crippen molar-refractivity contribution in [3.63, 3.8) is 0 Å². The van der Waals surface area contributed by atoms with Gasteiger partial charge < -0.3 is 16.0 Å². The average molecular weight is 233 g/mol. The van der Waals surface area contributed by atoms with Gasteiger partial charge in [0, 0.05) is 18.7 Å². The van der Waals surface area contributed by atoms with Crippen LogP contribution in [-0.2, 0) is 0 Å². The lowest BCUT2D eigenvalue weighted by molar-refractivity contribution is 0.478. The van der Waals surface area contributed by atoms with E-state index >= 15 is 0 Å². The van der Waals surface area contributed by atoms with Gasteiger partial charge in [-0.05, 0) is 25.9 Å². The zero-order valence-electron chi connectivity index (χ0n) is 9.95. The number of nitrogens with zero attached hydrogens (tertiary/aromatic N) is 2. The van der Waals surface area contributed by atoms with E-state index in [1.807, 2.05) is 12.1 Å². The van der Waals surface area contributed by atoms with E-state index in [1.165, 1.54) is 0 Å². The van der Waals surface area contributed by atoms with Crippen LogP contribution in [-0.4, -0.2) is 35.6 Å². The number of aromatic nitrogens is 2. The summed E-state index contributed by atoms with van der Waals surface area (Å²) in [7, 11) is 0. The predicted molar refractivity (Wildman–Crippen MR) is 70.2 cm³/mol. The molecule has 0 saturated carbocycles. The molecule has 0 aromatic carbocycles. The first-order valence-electron chi connectivity index (χ1n) is 6.02. The highest BCUT2D eigenvalue weighted by atomic mass is 15.1. The number of rotatable bonds is 5. The fourth-order valence-corrected chi connectivity index (χ4v) is 1.89. The molecule has 0 aliphatic carbocycles. The third-order valence-corrected chi connectivity index (χ3v) is 2.79.